The quantitative estimate of drug-likeness (QED) is 0.827. The van der Waals surface area contributed by atoms with Gasteiger partial charge in [0.1, 0.15) is 6.10 Å². The van der Waals surface area contributed by atoms with Crippen LogP contribution in [0.4, 0.5) is 0 Å². The van der Waals surface area contributed by atoms with Crippen molar-refractivity contribution in [2.45, 2.75) is 58.7 Å². The van der Waals surface area contributed by atoms with E-state index in [0.717, 1.165) is 39.1 Å². The van der Waals surface area contributed by atoms with Crippen LogP contribution >= 0.6 is 0 Å². The fourth-order valence-corrected chi connectivity index (χ4v) is 2.59. The van der Waals surface area contributed by atoms with Gasteiger partial charge in [-0.25, -0.2) is 0 Å². The first-order chi connectivity index (χ1) is 10.1. The normalized spacial score (nSPS) is 21.9. The molecule has 2 atom stereocenters. The van der Waals surface area contributed by atoms with Crippen molar-refractivity contribution in [1.82, 2.24) is 20.4 Å². The molecule has 1 aromatic rings. The van der Waals surface area contributed by atoms with E-state index in [1.807, 2.05) is 0 Å². The van der Waals surface area contributed by atoms with Gasteiger partial charge in [-0.2, -0.15) is 4.98 Å². The van der Waals surface area contributed by atoms with Crippen LogP contribution in [0.3, 0.4) is 0 Å². The predicted molar refractivity (Wildman–Crippen MR) is 81.2 cm³/mol. The highest BCUT2D eigenvalue weighted by atomic mass is 16.5. The molecule has 1 aliphatic rings. The van der Waals surface area contributed by atoms with Gasteiger partial charge in [-0.15, -0.1) is 0 Å². The van der Waals surface area contributed by atoms with E-state index in [0.29, 0.717) is 23.8 Å². The fraction of sp³-hybridized carbons (Fsp3) is 0.867. The van der Waals surface area contributed by atoms with Gasteiger partial charge in [0.2, 0.25) is 11.7 Å². The molecule has 1 saturated heterocycles. The maximum atomic E-state index is 5.78. The number of ether oxygens (including phenoxy) is 1. The maximum absolute atomic E-state index is 5.78. The summed E-state index contributed by atoms with van der Waals surface area (Å²) in [6.07, 6.45) is 1.74. The molecule has 0 amide bonds. The van der Waals surface area contributed by atoms with Crippen LogP contribution in [0.15, 0.2) is 4.52 Å². The molecule has 2 heterocycles. The largest absolute Gasteiger partial charge is 0.367 e. The Morgan fingerprint density at radius 3 is 2.90 bits per heavy atom. The van der Waals surface area contributed by atoms with Gasteiger partial charge < -0.3 is 14.6 Å². The van der Waals surface area contributed by atoms with Crippen LogP contribution in [0.25, 0.3) is 0 Å². The van der Waals surface area contributed by atoms with Crippen molar-refractivity contribution >= 4 is 0 Å². The molecular formula is C15H28N4O2. The standard InChI is InChI=1S/C15H28N4O2/c1-5-16-12(4)6-7-14-17-15(18-21-14)13-10-19(11(2)3)8-9-20-13/h11-13,16H,5-10H2,1-4H3. The summed E-state index contributed by atoms with van der Waals surface area (Å²) in [7, 11) is 0. The highest BCUT2D eigenvalue weighted by Crippen LogP contribution is 2.21. The first-order valence-electron chi connectivity index (χ1n) is 8.01. The van der Waals surface area contributed by atoms with Crippen LogP contribution < -0.4 is 5.32 Å². The third kappa shape index (κ3) is 4.76. The van der Waals surface area contributed by atoms with Crippen molar-refractivity contribution in [1.29, 1.82) is 0 Å². The lowest BCUT2D eigenvalue weighted by Crippen LogP contribution is -2.42. The molecular weight excluding hydrogens is 268 g/mol. The van der Waals surface area contributed by atoms with E-state index in [1.165, 1.54) is 0 Å². The molecule has 21 heavy (non-hydrogen) atoms. The summed E-state index contributed by atoms with van der Waals surface area (Å²) in [6.45, 7) is 12.2. The van der Waals surface area contributed by atoms with Crippen molar-refractivity contribution in [3.8, 4) is 0 Å². The topological polar surface area (TPSA) is 63.4 Å². The minimum absolute atomic E-state index is 0.0650. The van der Waals surface area contributed by atoms with Gasteiger partial charge in [0.25, 0.3) is 0 Å². The molecule has 0 aliphatic carbocycles. The van der Waals surface area contributed by atoms with Crippen LogP contribution in [0.2, 0.25) is 0 Å². The van der Waals surface area contributed by atoms with E-state index in [1.54, 1.807) is 0 Å². The maximum Gasteiger partial charge on any atom is 0.226 e. The van der Waals surface area contributed by atoms with Crippen LogP contribution in [-0.2, 0) is 11.2 Å². The second-order valence-electron chi connectivity index (χ2n) is 5.99. The number of nitrogens with one attached hydrogen (secondary N) is 1. The Hall–Kier alpha value is -0.980. The van der Waals surface area contributed by atoms with E-state index in [9.17, 15) is 0 Å². The third-order valence-corrected chi connectivity index (χ3v) is 3.94. The molecule has 2 rings (SSSR count). The zero-order valence-electron chi connectivity index (χ0n) is 13.6. The highest BCUT2D eigenvalue weighted by Gasteiger charge is 2.27. The number of rotatable bonds is 7. The van der Waals surface area contributed by atoms with Crippen LogP contribution in [0.1, 0.15) is 51.9 Å². The Morgan fingerprint density at radius 2 is 2.19 bits per heavy atom. The molecule has 1 N–H and O–H groups in total. The minimum atomic E-state index is -0.0650. The van der Waals surface area contributed by atoms with E-state index in [2.05, 4.69) is 48.1 Å². The molecule has 0 aromatic carbocycles. The van der Waals surface area contributed by atoms with Crippen LogP contribution in [0, 0.1) is 0 Å². The van der Waals surface area contributed by atoms with E-state index in [-0.39, 0.29) is 6.10 Å². The summed E-state index contributed by atoms with van der Waals surface area (Å²) in [5.74, 6) is 1.39. The predicted octanol–water partition coefficient (Wildman–Crippen LogP) is 1.78. The number of morpholine rings is 1. The monoisotopic (exact) mass is 296 g/mol. The molecule has 0 bridgehead atoms. The van der Waals surface area contributed by atoms with Crippen molar-refractivity contribution in [2.24, 2.45) is 0 Å². The van der Waals surface area contributed by atoms with Crippen molar-refractivity contribution < 1.29 is 9.26 Å². The average molecular weight is 296 g/mol. The smallest absolute Gasteiger partial charge is 0.226 e. The SMILES string of the molecule is CCNC(C)CCc1nc(C2CN(C(C)C)CCO2)no1. The molecule has 1 fully saturated rings. The van der Waals surface area contributed by atoms with E-state index in [4.69, 9.17) is 9.26 Å². The molecule has 1 aliphatic heterocycles. The molecule has 0 radical (unpaired) electrons. The lowest BCUT2D eigenvalue weighted by atomic mass is 10.2. The number of aromatic nitrogens is 2. The van der Waals surface area contributed by atoms with Gasteiger partial charge in [-0.05, 0) is 33.7 Å². The summed E-state index contributed by atoms with van der Waals surface area (Å²) in [4.78, 5) is 6.89. The zero-order valence-corrected chi connectivity index (χ0v) is 13.6. The first-order valence-corrected chi connectivity index (χ1v) is 8.01. The molecule has 1 aromatic heterocycles. The zero-order chi connectivity index (χ0) is 15.2. The number of hydrogen-bond donors (Lipinski definition) is 1. The van der Waals surface area contributed by atoms with Gasteiger partial charge in [-0.1, -0.05) is 12.1 Å². The Balaban J connectivity index is 1.87. The van der Waals surface area contributed by atoms with E-state index < -0.39 is 0 Å². The Labute approximate surface area is 127 Å². The minimum Gasteiger partial charge on any atom is -0.367 e. The summed E-state index contributed by atoms with van der Waals surface area (Å²) in [5.41, 5.74) is 0. The Morgan fingerprint density at radius 1 is 1.38 bits per heavy atom. The second kappa shape index (κ2) is 7.87. The number of hydrogen-bond acceptors (Lipinski definition) is 6. The molecule has 0 spiro atoms. The molecule has 2 unspecified atom stereocenters. The first kappa shape index (κ1) is 16.4. The average Bonchev–Trinajstić information content (AvgIpc) is 2.94. The summed E-state index contributed by atoms with van der Waals surface area (Å²) in [6, 6.07) is 0.983. The molecule has 0 saturated carbocycles. The molecule has 120 valence electrons. The second-order valence-corrected chi connectivity index (χ2v) is 5.99. The summed E-state index contributed by atoms with van der Waals surface area (Å²) >= 11 is 0. The lowest BCUT2D eigenvalue weighted by Gasteiger charge is -2.34. The highest BCUT2D eigenvalue weighted by molar-refractivity contribution is 4.95. The van der Waals surface area contributed by atoms with Gasteiger partial charge in [0.05, 0.1) is 6.61 Å². The van der Waals surface area contributed by atoms with Gasteiger partial charge in [0.15, 0.2) is 0 Å². The Kier molecular flexibility index (Phi) is 6.14. The molecule has 6 heteroatoms. The fourth-order valence-electron chi connectivity index (χ4n) is 2.59. The van der Waals surface area contributed by atoms with Crippen molar-refractivity contribution in [2.75, 3.05) is 26.2 Å². The van der Waals surface area contributed by atoms with Gasteiger partial charge in [0, 0.05) is 31.6 Å². The van der Waals surface area contributed by atoms with Gasteiger partial charge >= 0.3 is 0 Å². The van der Waals surface area contributed by atoms with Crippen molar-refractivity contribution in [3.63, 3.8) is 0 Å². The number of nitrogens with zero attached hydrogens (tertiary/aromatic N) is 3. The lowest BCUT2D eigenvalue weighted by molar-refractivity contribution is -0.0450. The van der Waals surface area contributed by atoms with Gasteiger partial charge in [-0.3, -0.25) is 4.90 Å². The summed E-state index contributed by atoms with van der Waals surface area (Å²) < 4.78 is 11.1. The third-order valence-electron chi connectivity index (χ3n) is 3.94. The van der Waals surface area contributed by atoms with Crippen LogP contribution in [-0.4, -0.2) is 53.4 Å². The van der Waals surface area contributed by atoms with Crippen LogP contribution in [0.5, 0.6) is 0 Å². The number of aryl methyl sites for hydroxylation is 1. The van der Waals surface area contributed by atoms with Crippen molar-refractivity contribution in [3.05, 3.63) is 11.7 Å². The molecule has 6 nitrogen and oxygen atoms in total. The van der Waals surface area contributed by atoms with E-state index >= 15 is 0 Å². The Bertz CT molecular complexity index is 422. The summed E-state index contributed by atoms with van der Waals surface area (Å²) in [5, 5.41) is 7.48.